The number of thiophene rings is 1. The van der Waals surface area contributed by atoms with Gasteiger partial charge >= 0.3 is 0 Å². The minimum atomic E-state index is -0.327. The number of anilines is 1. The van der Waals surface area contributed by atoms with Crippen LogP contribution in [0, 0.1) is 11.3 Å². The van der Waals surface area contributed by atoms with Crippen LogP contribution in [0.5, 0.6) is 0 Å². The lowest BCUT2D eigenvalue weighted by Crippen LogP contribution is -2.27. The molecule has 136 valence electrons. The molecular formula is C20H18N4O2S. The van der Waals surface area contributed by atoms with Crippen molar-refractivity contribution in [2.24, 2.45) is 0 Å². The van der Waals surface area contributed by atoms with Gasteiger partial charge in [-0.3, -0.25) is 14.2 Å². The largest absolute Gasteiger partial charge is 0.315 e. The quantitative estimate of drug-likeness (QED) is 0.709. The fraction of sp³-hybridized carbons (Fsp3) is 0.300. The Morgan fingerprint density at radius 2 is 2.07 bits per heavy atom. The zero-order valence-electron chi connectivity index (χ0n) is 14.7. The Morgan fingerprint density at radius 3 is 2.93 bits per heavy atom. The zero-order chi connectivity index (χ0) is 18.8. The topological polar surface area (TPSA) is 87.8 Å². The number of para-hydroxylation sites is 2. The van der Waals surface area contributed by atoms with E-state index in [0.717, 1.165) is 31.2 Å². The first-order valence-electron chi connectivity index (χ1n) is 8.96. The molecule has 0 spiro atoms. The molecule has 27 heavy (non-hydrogen) atoms. The predicted octanol–water partition coefficient (Wildman–Crippen LogP) is 3.24. The normalized spacial score (nSPS) is 13.6. The van der Waals surface area contributed by atoms with E-state index in [4.69, 9.17) is 0 Å². The standard InChI is InChI=1S/C20H18N4O2S/c21-10-14-13-6-2-1-3-9-17(13)27-20(14)23-18(25)12-24-16-8-5-4-7-15(16)22-11-19(24)26/h4-5,7-8,11H,1-3,6,9,12H2,(H,23,25). The van der Waals surface area contributed by atoms with Crippen molar-refractivity contribution in [2.45, 2.75) is 38.6 Å². The van der Waals surface area contributed by atoms with E-state index >= 15 is 0 Å². The van der Waals surface area contributed by atoms with Crippen LogP contribution in [-0.2, 0) is 24.2 Å². The van der Waals surface area contributed by atoms with E-state index in [9.17, 15) is 14.9 Å². The Bertz CT molecular complexity index is 1120. The van der Waals surface area contributed by atoms with Gasteiger partial charge < -0.3 is 5.32 Å². The summed E-state index contributed by atoms with van der Waals surface area (Å²) in [5, 5.41) is 13.0. The van der Waals surface area contributed by atoms with Crippen molar-refractivity contribution in [1.82, 2.24) is 9.55 Å². The van der Waals surface area contributed by atoms with E-state index in [1.165, 1.54) is 33.4 Å². The first kappa shape index (κ1) is 17.4. The van der Waals surface area contributed by atoms with Gasteiger partial charge in [0.25, 0.3) is 5.56 Å². The number of benzene rings is 1. The molecule has 6 nitrogen and oxygen atoms in total. The molecule has 1 aliphatic rings. The summed E-state index contributed by atoms with van der Waals surface area (Å²) in [5.74, 6) is -0.318. The van der Waals surface area contributed by atoms with Crippen LogP contribution in [0.2, 0.25) is 0 Å². The number of aromatic nitrogens is 2. The average molecular weight is 378 g/mol. The number of fused-ring (bicyclic) bond motifs is 2. The first-order chi connectivity index (χ1) is 13.2. The molecule has 0 radical (unpaired) electrons. The highest BCUT2D eigenvalue weighted by Crippen LogP contribution is 2.36. The molecule has 0 fully saturated rings. The summed E-state index contributed by atoms with van der Waals surface area (Å²) in [5.41, 5.74) is 2.61. The molecule has 0 unspecified atom stereocenters. The number of nitrogens with one attached hydrogen (secondary N) is 1. The van der Waals surface area contributed by atoms with Gasteiger partial charge in [0.05, 0.1) is 22.8 Å². The molecule has 0 saturated heterocycles. The van der Waals surface area contributed by atoms with Gasteiger partial charge in [-0.05, 0) is 43.4 Å². The van der Waals surface area contributed by atoms with Crippen molar-refractivity contribution < 1.29 is 4.79 Å². The number of hydrogen-bond acceptors (Lipinski definition) is 5. The molecule has 1 amide bonds. The van der Waals surface area contributed by atoms with Crippen LogP contribution in [0.3, 0.4) is 0 Å². The molecular weight excluding hydrogens is 360 g/mol. The molecule has 2 heterocycles. The highest BCUT2D eigenvalue weighted by molar-refractivity contribution is 7.16. The lowest BCUT2D eigenvalue weighted by atomic mass is 10.1. The number of carbonyl (C=O) groups is 1. The molecule has 2 aromatic heterocycles. The number of amides is 1. The van der Waals surface area contributed by atoms with Crippen LogP contribution in [-0.4, -0.2) is 15.5 Å². The van der Waals surface area contributed by atoms with E-state index in [0.29, 0.717) is 21.6 Å². The second kappa shape index (κ2) is 7.33. The van der Waals surface area contributed by atoms with Gasteiger partial charge in [-0.2, -0.15) is 5.26 Å². The minimum absolute atomic E-state index is 0.116. The second-order valence-electron chi connectivity index (χ2n) is 6.60. The van der Waals surface area contributed by atoms with E-state index < -0.39 is 0 Å². The highest BCUT2D eigenvalue weighted by Gasteiger charge is 2.21. The Kier molecular flexibility index (Phi) is 4.73. The monoisotopic (exact) mass is 378 g/mol. The number of aryl methyl sites for hydroxylation is 1. The summed E-state index contributed by atoms with van der Waals surface area (Å²) in [7, 11) is 0. The number of carbonyl (C=O) groups excluding carboxylic acids is 1. The van der Waals surface area contributed by atoms with Gasteiger partial charge in [-0.25, -0.2) is 4.98 Å². The van der Waals surface area contributed by atoms with Crippen LogP contribution in [0.1, 0.15) is 35.3 Å². The lowest BCUT2D eigenvalue weighted by molar-refractivity contribution is -0.116. The van der Waals surface area contributed by atoms with Crippen LogP contribution in [0.15, 0.2) is 35.3 Å². The van der Waals surface area contributed by atoms with Crippen molar-refractivity contribution in [3.63, 3.8) is 0 Å². The van der Waals surface area contributed by atoms with E-state index in [2.05, 4.69) is 16.4 Å². The molecule has 3 aromatic rings. The fourth-order valence-corrected chi connectivity index (χ4v) is 4.79. The molecule has 0 saturated carbocycles. The smallest absolute Gasteiger partial charge is 0.269 e. The number of rotatable bonds is 3. The predicted molar refractivity (Wildman–Crippen MR) is 105 cm³/mol. The molecule has 4 rings (SSSR count). The Hall–Kier alpha value is -2.98. The number of nitriles is 1. The van der Waals surface area contributed by atoms with Gasteiger partial charge in [-0.1, -0.05) is 18.6 Å². The zero-order valence-corrected chi connectivity index (χ0v) is 15.5. The fourth-order valence-electron chi connectivity index (χ4n) is 3.54. The van der Waals surface area contributed by atoms with Gasteiger partial charge in [0.2, 0.25) is 5.91 Å². The summed E-state index contributed by atoms with van der Waals surface area (Å²) in [4.78, 5) is 30.2. The van der Waals surface area contributed by atoms with Crippen molar-refractivity contribution in [1.29, 1.82) is 5.26 Å². The minimum Gasteiger partial charge on any atom is -0.315 e. The van der Waals surface area contributed by atoms with Crippen molar-refractivity contribution in [3.05, 3.63) is 56.8 Å². The maximum Gasteiger partial charge on any atom is 0.269 e. The number of nitrogens with zero attached hydrogens (tertiary/aromatic N) is 3. The summed E-state index contributed by atoms with van der Waals surface area (Å²) in [6, 6.07) is 9.47. The third-order valence-corrected chi connectivity index (χ3v) is 6.05. The molecule has 0 aliphatic heterocycles. The maximum atomic E-state index is 12.6. The molecule has 7 heteroatoms. The molecule has 0 atom stereocenters. The first-order valence-corrected chi connectivity index (χ1v) is 9.78. The number of hydrogen-bond donors (Lipinski definition) is 1. The van der Waals surface area contributed by atoms with Gasteiger partial charge in [0.1, 0.15) is 17.6 Å². The van der Waals surface area contributed by atoms with Crippen molar-refractivity contribution in [2.75, 3.05) is 5.32 Å². The van der Waals surface area contributed by atoms with Gasteiger partial charge in [0.15, 0.2) is 0 Å². The van der Waals surface area contributed by atoms with E-state index in [1.807, 2.05) is 12.1 Å². The van der Waals surface area contributed by atoms with Crippen LogP contribution >= 0.6 is 11.3 Å². The summed E-state index contributed by atoms with van der Waals surface area (Å²) >= 11 is 1.49. The summed E-state index contributed by atoms with van der Waals surface area (Å²) in [6.45, 7) is -0.116. The summed E-state index contributed by atoms with van der Waals surface area (Å²) in [6.07, 6.45) is 6.43. The Morgan fingerprint density at radius 1 is 1.26 bits per heavy atom. The van der Waals surface area contributed by atoms with Crippen LogP contribution in [0.25, 0.3) is 11.0 Å². The van der Waals surface area contributed by atoms with Gasteiger partial charge in [-0.15, -0.1) is 11.3 Å². The second-order valence-corrected chi connectivity index (χ2v) is 7.71. The molecule has 1 aliphatic carbocycles. The Balaban J connectivity index is 1.62. The highest BCUT2D eigenvalue weighted by atomic mass is 32.1. The van der Waals surface area contributed by atoms with E-state index in [1.54, 1.807) is 12.1 Å². The summed E-state index contributed by atoms with van der Waals surface area (Å²) < 4.78 is 1.41. The van der Waals surface area contributed by atoms with Crippen LogP contribution < -0.4 is 10.9 Å². The van der Waals surface area contributed by atoms with Crippen LogP contribution in [0.4, 0.5) is 5.00 Å². The Labute approximate surface area is 160 Å². The molecule has 0 bridgehead atoms. The lowest BCUT2D eigenvalue weighted by Gasteiger charge is -2.09. The van der Waals surface area contributed by atoms with E-state index in [-0.39, 0.29) is 18.0 Å². The molecule has 1 N–H and O–H groups in total. The molecule has 1 aromatic carbocycles. The van der Waals surface area contributed by atoms with Crippen molar-refractivity contribution >= 4 is 33.3 Å². The van der Waals surface area contributed by atoms with Gasteiger partial charge in [0, 0.05) is 4.88 Å². The SMILES string of the molecule is N#Cc1c(NC(=O)Cn2c(=O)cnc3ccccc32)sc2c1CCCCC2. The maximum absolute atomic E-state index is 12.6. The third kappa shape index (κ3) is 3.36. The van der Waals surface area contributed by atoms with Crippen molar-refractivity contribution in [3.8, 4) is 6.07 Å². The third-order valence-electron chi connectivity index (χ3n) is 4.84. The average Bonchev–Trinajstić information content (AvgIpc) is 2.83.